The van der Waals surface area contributed by atoms with Crippen molar-refractivity contribution in [3.8, 4) is 0 Å². The van der Waals surface area contributed by atoms with Crippen molar-refractivity contribution in [1.29, 1.82) is 0 Å². The van der Waals surface area contributed by atoms with Crippen molar-refractivity contribution in [2.24, 2.45) is 0 Å². The quantitative estimate of drug-likeness (QED) is 0.529. The van der Waals surface area contributed by atoms with Gasteiger partial charge in [0.25, 0.3) is 0 Å². The van der Waals surface area contributed by atoms with Crippen LogP contribution in [0.15, 0.2) is 18.2 Å². The summed E-state index contributed by atoms with van der Waals surface area (Å²) in [7, 11) is 0. The van der Waals surface area contributed by atoms with E-state index in [9.17, 15) is 4.79 Å². The molecular formula is C18H29N3O3. The lowest BCUT2D eigenvalue weighted by atomic mass is 10.1. The highest BCUT2D eigenvalue weighted by molar-refractivity contribution is 5.76. The normalized spacial score (nSPS) is 14.6. The number of ether oxygens (including phenoxy) is 2. The van der Waals surface area contributed by atoms with Crippen LogP contribution < -0.4 is 16.0 Å². The van der Waals surface area contributed by atoms with Crippen molar-refractivity contribution in [3.05, 3.63) is 23.8 Å². The second-order valence-corrected chi connectivity index (χ2v) is 5.89. The van der Waals surface area contributed by atoms with E-state index in [4.69, 9.17) is 15.2 Å². The molecule has 1 fully saturated rings. The van der Waals surface area contributed by atoms with Gasteiger partial charge in [-0.1, -0.05) is 6.07 Å². The van der Waals surface area contributed by atoms with Crippen LogP contribution >= 0.6 is 0 Å². The molecule has 2 rings (SSSR count). The van der Waals surface area contributed by atoms with Gasteiger partial charge in [0.1, 0.15) is 0 Å². The van der Waals surface area contributed by atoms with E-state index in [0.29, 0.717) is 26.0 Å². The Morgan fingerprint density at radius 1 is 1.38 bits per heavy atom. The zero-order valence-corrected chi connectivity index (χ0v) is 14.6. The number of nitrogen functional groups attached to an aromatic ring is 1. The van der Waals surface area contributed by atoms with Crippen LogP contribution in [0.1, 0.15) is 25.3 Å². The second kappa shape index (κ2) is 10.2. The summed E-state index contributed by atoms with van der Waals surface area (Å²) in [6.45, 7) is 7.26. The lowest BCUT2D eigenvalue weighted by Gasteiger charge is -2.30. The Morgan fingerprint density at radius 2 is 2.17 bits per heavy atom. The van der Waals surface area contributed by atoms with Crippen LogP contribution in [-0.4, -0.2) is 52.0 Å². The van der Waals surface area contributed by atoms with Crippen LogP contribution in [-0.2, 0) is 20.7 Å². The van der Waals surface area contributed by atoms with Gasteiger partial charge in [0.2, 0.25) is 5.91 Å². The van der Waals surface area contributed by atoms with Gasteiger partial charge in [-0.15, -0.1) is 0 Å². The molecule has 3 N–H and O–H groups in total. The van der Waals surface area contributed by atoms with E-state index in [2.05, 4.69) is 22.3 Å². The first-order chi connectivity index (χ1) is 11.7. The van der Waals surface area contributed by atoms with Crippen LogP contribution in [0.3, 0.4) is 0 Å². The molecule has 1 aromatic rings. The van der Waals surface area contributed by atoms with Gasteiger partial charge < -0.3 is 25.4 Å². The number of hydrogen-bond donors (Lipinski definition) is 2. The highest BCUT2D eigenvalue weighted by atomic mass is 16.5. The maximum absolute atomic E-state index is 11.8. The fourth-order valence-corrected chi connectivity index (χ4v) is 2.74. The molecule has 134 valence electrons. The fourth-order valence-electron chi connectivity index (χ4n) is 2.74. The average Bonchev–Trinajstić information content (AvgIpc) is 2.60. The molecule has 0 aliphatic carbocycles. The first-order valence-electron chi connectivity index (χ1n) is 8.76. The van der Waals surface area contributed by atoms with Crippen molar-refractivity contribution in [1.82, 2.24) is 5.32 Å². The van der Waals surface area contributed by atoms with E-state index < -0.39 is 0 Å². The van der Waals surface area contributed by atoms with Crippen LogP contribution in [0, 0.1) is 0 Å². The predicted molar refractivity (Wildman–Crippen MR) is 96.3 cm³/mol. The van der Waals surface area contributed by atoms with Crippen molar-refractivity contribution >= 4 is 17.3 Å². The number of anilines is 2. The summed E-state index contributed by atoms with van der Waals surface area (Å²) < 4.78 is 10.6. The van der Waals surface area contributed by atoms with E-state index in [1.54, 1.807) is 0 Å². The number of nitrogens with two attached hydrogens (primary N) is 1. The summed E-state index contributed by atoms with van der Waals surface area (Å²) in [5, 5.41) is 2.92. The summed E-state index contributed by atoms with van der Waals surface area (Å²) in [5.41, 5.74) is 9.11. The molecular weight excluding hydrogens is 306 g/mol. The molecule has 1 saturated heterocycles. The Kier molecular flexibility index (Phi) is 7.85. The number of nitrogens with one attached hydrogen (secondary N) is 1. The lowest BCUT2D eigenvalue weighted by molar-refractivity contribution is -0.121. The molecule has 0 atom stereocenters. The van der Waals surface area contributed by atoms with Gasteiger partial charge >= 0.3 is 0 Å². The van der Waals surface area contributed by atoms with Crippen molar-refractivity contribution in [2.45, 2.75) is 26.2 Å². The molecule has 0 radical (unpaired) electrons. The van der Waals surface area contributed by atoms with Gasteiger partial charge in [-0.2, -0.15) is 0 Å². The van der Waals surface area contributed by atoms with Gasteiger partial charge in [-0.25, -0.2) is 0 Å². The number of hydrogen-bond acceptors (Lipinski definition) is 5. The Balaban J connectivity index is 1.74. The summed E-state index contributed by atoms with van der Waals surface area (Å²) in [5.74, 6) is 0.0716. The maximum Gasteiger partial charge on any atom is 0.220 e. The van der Waals surface area contributed by atoms with Crippen molar-refractivity contribution in [2.75, 3.05) is 56.7 Å². The Bertz CT molecular complexity index is 516. The molecule has 0 aromatic heterocycles. The number of morpholine rings is 1. The van der Waals surface area contributed by atoms with E-state index in [-0.39, 0.29) is 5.91 Å². The number of amides is 1. The first kappa shape index (κ1) is 18.5. The van der Waals surface area contributed by atoms with Gasteiger partial charge in [-0.05, 0) is 37.5 Å². The molecule has 24 heavy (non-hydrogen) atoms. The topological polar surface area (TPSA) is 76.8 Å². The molecule has 6 heteroatoms. The molecule has 1 aromatic carbocycles. The molecule has 1 aliphatic rings. The number of nitrogens with zero attached hydrogens (tertiary/aromatic N) is 1. The monoisotopic (exact) mass is 335 g/mol. The van der Waals surface area contributed by atoms with Gasteiger partial charge in [0, 0.05) is 39.3 Å². The van der Waals surface area contributed by atoms with E-state index in [1.165, 1.54) is 0 Å². The fraction of sp³-hybridized carbons (Fsp3) is 0.611. The van der Waals surface area contributed by atoms with Crippen molar-refractivity contribution in [3.63, 3.8) is 0 Å². The standard InChI is InChI=1S/C18H29N3O3/c1-2-23-11-3-8-20-18(22)7-5-15-4-6-17(16(19)14-15)21-9-12-24-13-10-21/h4,6,14H,2-3,5,7-13,19H2,1H3,(H,20,22). The van der Waals surface area contributed by atoms with Gasteiger partial charge in [0.15, 0.2) is 0 Å². The summed E-state index contributed by atoms with van der Waals surface area (Å²) in [6, 6.07) is 6.09. The minimum Gasteiger partial charge on any atom is -0.397 e. The minimum absolute atomic E-state index is 0.0716. The number of benzene rings is 1. The van der Waals surface area contributed by atoms with E-state index in [0.717, 1.165) is 56.3 Å². The third-order valence-corrected chi connectivity index (χ3v) is 4.08. The molecule has 0 spiro atoms. The average molecular weight is 335 g/mol. The zero-order chi connectivity index (χ0) is 17.2. The summed E-state index contributed by atoms with van der Waals surface area (Å²) in [6.07, 6.45) is 2.02. The Morgan fingerprint density at radius 3 is 2.88 bits per heavy atom. The van der Waals surface area contributed by atoms with E-state index in [1.807, 2.05) is 13.0 Å². The molecule has 0 bridgehead atoms. The molecule has 0 saturated carbocycles. The largest absolute Gasteiger partial charge is 0.397 e. The van der Waals surface area contributed by atoms with Crippen LogP contribution in [0.25, 0.3) is 0 Å². The van der Waals surface area contributed by atoms with Crippen LogP contribution in [0.2, 0.25) is 0 Å². The Labute approximate surface area is 144 Å². The van der Waals surface area contributed by atoms with Gasteiger partial charge in [0.05, 0.1) is 24.6 Å². The number of carbonyl (C=O) groups excluding carboxylic acids is 1. The first-order valence-corrected chi connectivity index (χ1v) is 8.76. The summed E-state index contributed by atoms with van der Waals surface area (Å²) in [4.78, 5) is 14.1. The van der Waals surface area contributed by atoms with E-state index >= 15 is 0 Å². The molecule has 1 amide bonds. The predicted octanol–water partition coefficient (Wildman–Crippen LogP) is 1.58. The molecule has 6 nitrogen and oxygen atoms in total. The highest BCUT2D eigenvalue weighted by Gasteiger charge is 2.14. The molecule has 0 unspecified atom stereocenters. The second-order valence-electron chi connectivity index (χ2n) is 5.89. The SMILES string of the molecule is CCOCCCNC(=O)CCc1ccc(N2CCOCC2)c(N)c1. The molecule has 1 heterocycles. The third kappa shape index (κ3) is 6.02. The Hall–Kier alpha value is -1.79. The van der Waals surface area contributed by atoms with Crippen LogP contribution in [0.5, 0.6) is 0 Å². The summed E-state index contributed by atoms with van der Waals surface area (Å²) >= 11 is 0. The molecule has 1 aliphatic heterocycles. The van der Waals surface area contributed by atoms with Crippen molar-refractivity contribution < 1.29 is 14.3 Å². The number of aryl methyl sites for hydroxylation is 1. The third-order valence-electron chi connectivity index (χ3n) is 4.08. The minimum atomic E-state index is 0.0716. The van der Waals surface area contributed by atoms with Gasteiger partial charge in [-0.3, -0.25) is 4.79 Å². The highest BCUT2D eigenvalue weighted by Crippen LogP contribution is 2.25. The number of rotatable bonds is 9. The lowest BCUT2D eigenvalue weighted by Crippen LogP contribution is -2.36. The maximum atomic E-state index is 11.8. The smallest absolute Gasteiger partial charge is 0.220 e. The van der Waals surface area contributed by atoms with Crippen LogP contribution in [0.4, 0.5) is 11.4 Å². The number of carbonyl (C=O) groups is 1. The zero-order valence-electron chi connectivity index (χ0n) is 14.6.